The van der Waals surface area contributed by atoms with Crippen molar-refractivity contribution in [2.24, 2.45) is 11.8 Å². The van der Waals surface area contributed by atoms with Gasteiger partial charge in [-0.2, -0.15) is 0 Å². The molecule has 0 aromatic heterocycles. The van der Waals surface area contributed by atoms with E-state index >= 15 is 0 Å². The first-order valence-corrected chi connectivity index (χ1v) is 5.02. The van der Waals surface area contributed by atoms with Crippen molar-refractivity contribution in [2.45, 2.75) is 13.3 Å². The van der Waals surface area contributed by atoms with Crippen molar-refractivity contribution in [3.8, 4) is 0 Å². The number of aliphatic carboxylic acids is 2. The fourth-order valence-electron chi connectivity index (χ4n) is 1.52. The van der Waals surface area contributed by atoms with E-state index in [1.54, 1.807) is 24.3 Å². The maximum atomic E-state index is 11.0. The van der Waals surface area contributed by atoms with Crippen molar-refractivity contribution < 1.29 is 19.8 Å². The van der Waals surface area contributed by atoms with Gasteiger partial charge in [-0.15, -0.1) is 0 Å². The first kappa shape index (κ1) is 12.2. The van der Waals surface area contributed by atoms with Crippen LogP contribution in [-0.4, -0.2) is 22.2 Å². The van der Waals surface area contributed by atoms with Crippen LogP contribution >= 0.6 is 0 Å². The van der Waals surface area contributed by atoms with Crippen molar-refractivity contribution >= 4 is 11.9 Å². The molecule has 86 valence electrons. The molecule has 0 saturated carbocycles. The van der Waals surface area contributed by atoms with E-state index in [9.17, 15) is 9.59 Å². The van der Waals surface area contributed by atoms with Gasteiger partial charge in [0.1, 0.15) is 0 Å². The second kappa shape index (κ2) is 5.30. The molecule has 0 heterocycles. The van der Waals surface area contributed by atoms with Gasteiger partial charge in [0, 0.05) is 0 Å². The second-order valence-corrected chi connectivity index (χ2v) is 3.76. The van der Waals surface area contributed by atoms with Crippen molar-refractivity contribution in [1.29, 1.82) is 0 Å². The van der Waals surface area contributed by atoms with Crippen LogP contribution in [0.2, 0.25) is 0 Å². The van der Waals surface area contributed by atoms with Crippen LogP contribution in [0, 0.1) is 11.8 Å². The van der Waals surface area contributed by atoms with Crippen LogP contribution in [0.5, 0.6) is 0 Å². The second-order valence-electron chi connectivity index (χ2n) is 3.76. The van der Waals surface area contributed by atoms with Gasteiger partial charge in [-0.05, 0) is 12.0 Å². The molecular weight excluding hydrogens is 208 g/mol. The molecule has 4 nitrogen and oxygen atoms in total. The molecule has 0 aliphatic heterocycles. The molecule has 0 radical (unpaired) electrons. The molecular formula is C12H14O4. The molecule has 0 amide bonds. The van der Waals surface area contributed by atoms with Gasteiger partial charge in [0.25, 0.3) is 0 Å². The molecule has 16 heavy (non-hydrogen) atoms. The van der Waals surface area contributed by atoms with Gasteiger partial charge in [0.2, 0.25) is 0 Å². The lowest BCUT2D eigenvalue weighted by Gasteiger charge is -2.16. The molecule has 0 aliphatic carbocycles. The third kappa shape index (κ3) is 3.08. The lowest BCUT2D eigenvalue weighted by atomic mass is 9.88. The van der Waals surface area contributed by atoms with Crippen LogP contribution in [0.4, 0.5) is 0 Å². The van der Waals surface area contributed by atoms with Crippen molar-refractivity contribution in [3.05, 3.63) is 35.9 Å². The van der Waals surface area contributed by atoms with E-state index in [4.69, 9.17) is 10.2 Å². The van der Waals surface area contributed by atoms with E-state index in [-0.39, 0.29) is 6.42 Å². The van der Waals surface area contributed by atoms with Gasteiger partial charge in [-0.25, -0.2) is 0 Å². The molecule has 4 heteroatoms. The number of hydrogen-bond acceptors (Lipinski definition) is 2. The van der Waals surface area contributed by atoms with Gasteiger partial charge < -0.3 is 10.2 Å². The van der Waals surface area contributed by atoms with Gasteiger partial charge >= 0.3 is 11.9 Å². The fourth-order valence-corrected chi connectivity index (χ4v) is 1.52. The Kier molecular flexibility index (Phi) is 4.05. The number of carboxylic acid groups (broad SMARTS) is 2. The summed E-state index contributed by atoms with van der Waals surface area (Å²) in [6.07, 6.45) is 0.240. The molecule has 0 bridgehead atoms. The summed E-state index contributed by atoms with van der Waals surface area (Å²) < 4.78 is 0. The molecule has 1 aromatic rings. The summed E-state index contributed by atoms with van der Waals surface area (Å²) in [5.74, 6) is -3.93. The Bertz CT molecular complexity index is 372. The van der Waals surface area contributed by atoms with Crippen LogP contribution in [0.25, 0.3) is 0 Å². The first-order valence-electron chi connectivity index (χ1n) is 5.02. The van der Waals surface area contributed by atoms with Crippen molar-refractivity contribution in [3.63, 3.8) is 0 Å². The number of carbonyl (C=O) groups is 2. The minimum atomic E-state index is -1.08. The third-order valence-electron chi connectivity index (χ3n) is 2.61. The SMILES string of the molecule is C[C@H](C(=O)O)[C@H](Cc1ccccc1)C(=O)O. The summed E-state index contributed by atoms with van der Waals surface area (Å²) >= 11 is 0. The molecule has 2 atom stereocenters. The molecule has 2 N–H and O–H groups in total. The molecule has 0 spiro atoms. The third-order valence-corrected chi connectivity index (χ3v) is 2.61. The predicted octanol–water partition coefficient (Wildman–Crippen LogP) is 1.65. The predicted molar refractivity (Wildman–Crippen MR) is 58.1 cm³/mol. The van der Waals surface area contributed by atoms with Crippen LogP contribution < -0.4 is 0 Å². The largest absolute Gasteiger partial charge is 0.481 e. The van der Waals surface area contributed by atoms with Gasteiger partial charge in [-0.1, -0.05) is 37.3 Å². The van der Waals surface area contributed by atoms with E-state index < -0.39 is 23.8 Å². The standard InChI is InChI=1S/C12H14O4/c1-8(11(13)14)10(12(15)16)7-9-5-3-2-4-6-9/h2-6,8,10H,7H2,1H3,(H,13,14)(H,15,16)/t8-,10-/m0/s1. The van der Waals surface area contributed by atoms with E-state index in [0.29, 0.717) is 0 Å². The average Bonchev–Trinajstić information content (AvgIpc) is 2.26. The molecule has 0 unspecified atom stereocenters. The van der Waals surface area contributed by atoms with E-state index in [2.05, 4.69) is 0 Å². The number of rotatable bonds is 5. The van der Waals surface area contributed by atoms with E-state index in [1.165, 1.54) is 6.92 Å². The van der Waals surface area contributed by atoms with Crippen LogP contribution in [-0.2, 0) is 16.0 Å². The van der Waals surface area contributed by atoms with Crippen molar-refractivity contribution in [1.82, 2.24) is 0 Å². The summed E-state index contributed by atoms with van der Waals surface area (Å²) in [6, 6.07) is 9.04. The average molecular weight is 222 g/mol. The van der Waals surface area contributed by atoms with Gasteiger partial charge in [0.05, 0.1) is 11.8 Å². The van der Waals surface area contributed by atoms with Gasteiger partial charge in [0.15, 0.2) is 0 Å². The highest BCUT2D eigenvalue weighted by atomic mass is 16.4. The number of carboxylic acids is 2. The van der Waals surface area contributed by atoms with Crippen LogP contribution in [0.3, 0.4) is 0 Å². The Morgan fingerprint density at radius 3 is 2.12 bits per heavy atom. The topological polar surface area (TPSA) is 74.6 Å². The molecule has 1 rings (SSSR count). The zero-order valence-electron chi connectivity index (χ0n) is 8.96. The Balaban J connectivity index is 2.81. The summed E-state index contributed by atoms with van der Waals surface area (Å²) in [5, 5.41) is 17.8. The monoisotopic (exact) mass is 222 g/mol. The quantitative estimate of drug-likeness (QED) is 0.794. The first-order chi connectivity index (χ1) is 7.52. The summed E-state index contributed by atoms with van der Waals surface area (Å²) in [4.78, 5) is 21.8. The highest BCUT2D eigenvalue weighted by molar-refractivity contribution is 5.79. The maximum Gasteiger partial charge on any atom is 0.307 e. The van der Waals surface area contributed by atoms with E-state index in [0.717, 1.165) is 5.56 Å². The van der Waals surface area contributed by atoms with Crippen LogP contribution in [0.15, 0.2) is 30.3 Å². The lowest BCUT2D eigenvalue weighted by Crippen LogP contribution is -2.29. The lowest BCUT2D eigenvalue weighted by molar-refractivity contribution is -0.152. The molecule has 0 saturated heterocycles. The van der Waals surface area contributed by atoms with Crippen molar-refractivity contribution in [2.75, 3.05) is 0 Å². The summed E-state index contributed by atoms with van der Waals surface area (Å²) in [7, 11) is 0. The Morgan fingerprint density at radius 1 is 1.12 bits per heavy atom. The Morgan fingerprint density at radius 2 is 1.69 bits per heavy atom. The highest BCUT2D eigenvalue weighted by Crippen LogP contribution is 2.18. The highest BCUT2D eigenvalue weighted by Gasteiger charge is 2.29. The molecule has 0 fully saturated rings. The summed E-state index contributed by atoms with van der Waals surface area (Å²) in [6.45, 7) is 1.42. The Labute approximate surface area is 93.5 Å². The zero-order chi connectivity index (χ0) is 12.1. The van der Waals surface area contributed by atoms with E-state index in [1.807, 2.05) is 6.07 Å². The summed E-state index contributed by atoms with van der Waals surface area (Å²) in [5.41, 5.74) is 0.836. The Hall–Kier alpha value is -1.84. The fraction of sp³-hybridized carbons (Fsp3) is 0.333. The number of benzene rings is 1. The smallest absolute Gasteiger partial charge is 0.307 e. The molecule has 0 aliphatic rings. The molecule has 1 aromatic carbocycles. The minimum absolute atomic E-state index is 0.240. The maximum absolute atomic E-state index is 11.0. The normalized spacial score (nSPS) is 14.1. The number of hydrogen-bond donors (Lipinski definition) is 2. The minimum Gasteiger partial charge on any atom is -0.481 e. The van der Waals surface area contributed by atoms with Crippen LogP contribution in [0.1, 0.15) is 12.5 Å². The zero-order valence-corrected chi connectivity index (χ0v) is 8.96. The van der Waals surface area contributed by atoms with Gasteiger partial charge in [-0.3, -0.25) is 9.59 Å².